The van der Waals surface area contributed by atoms with Gasteiger partial charge in [0.05, 0.1) is 18.2 Å². The Labute approximate surface area is 117 Å². The molecular formula is C16H13NO3. The molecule has 0 atom stereocenters. The van der Waals surface area contributed by atoms with Gasteiger partial charge in [0.15, 0.2) is 6.29 Å². The number of carbonyl (C=O) groups is 1. The molecule has 2 aromatic rings. The first-order valence-electron chi connectivity index (χ1n) is 6.02. The first kappa shape index (κ1) is 13.6. The lowest BCUT2D eigenvalue weighted by atomic mass is 10.1. The van der Waals surface area contributed by atoms with Gasteiger partial charge in [-0.25, -0.2) is 0 Å². The third-order valence-electron chi connectivity index (χ3n) is 2.83. The van der Waals surface area contributed by atoms with E-state index in [-0.39, 0.29) is 0 Å². The van der Waals surface area contributed by atoms with Crippen molar-refractivity contribution in [1.29, 1.82) is 5.26 Å². The van der Waals surface area contributed by atoms with Gasteiger partial charge in [0, 0.05) is 0 Å². The van der Waals surface area contributed by atoms with Crippen molar-refractivity contribution < 1.29 is 14.3 Å². The average Bonchev–Trinajstić information content (AvgIpc) is 2.52. The molecular weight excluding hydrogens is 254 g/mol. The second-order valence-electron chi connectivity index (χ2n) is 4.09. The number of benzene rings is 2. The molecule has 0 amide bonds. The number of nitrogens with zero attached hydrogens (tertiary/aromatic N) is 1. The van der Waals surface area contributed by atoms with Gasteiger partial charge in [-0.1, -0.05) is 18.2 Å². The molecule has 2 aromatic carbocycles. The fourth-order valence-electron chi connectivity index (χ4n) is 1.79. The van der Waals surface area contributed by atoms with Crippen LogP contribution in [0.15, 0.2) is 42.5 Å². The SMILES string of the molecule is COc1cc(COc2ccccc2C=O)ccc1C#N. The zero-order valence-corrected chi connectivity index (χ0v) is 11.0. The first-order valence-corrected chi connectivity index (χ1v) is 6.02. The predicted octanol–water partition coefficient (Wildman–Crippen LogP) is 2.96. The molecule has 0 N–H and O–H groups in total. The lowest BCUT2D eigenvalue weighted by Gasteiger charge is -2.10. The maximum Gasteiger partial charge on any atom is 0.153 e. The summed E-state index contributed by atoms with van der Waals surface area (Å²) in [7, 11) is 1.52. The normalized spacial score (nSPS) is 9.60. The van der Waals surface area contributed by atoms with E-state index in [4.69, 9.17) is 14.7 Å². The Balaban J connectivity index is 2.15. The lowest BCUT2D eigenvalue weighted by molar-refractivity contribution is 0.111. The Morgan fingerprint density at radius 2 is 2.00 bits per heavy atom. The zero-order valence-electron chi connectivity index (χ0n) is 11.0. The molecule has 0 heterocycles. The number of ether oxygens (including phenoxy) is 2. The molecule has 0 radical (unpaired) electrons. The Morgan fingerprint density at radius 1 is 1.20 bits per heavy atom. The Bertz CT molecular complexity index is 659. The van der Waals surface area contributed by atoms with Crippen molar-refractivity contribution in [2.75, 3.05) is 7.11 Å². The van der Waals surface area contributed by atoms with E-state index in [1.165, 1.54) is 7.11 Å². The summed E-state index contributed by atoms with van der Waals surface area (Å²) in [5.74, 6) is 1.04. The van der Waals surface area contributed by atoms with Gasteiger partial charge >= 0.3 is 0 Å². The first-order chi connectivity index (χ1) is 9.78. The van der Waals surface area contributed by atoms with Gasteiger partial charge in [0.2, 0.25) is 0 Å². The minimum Gasteiger partial charge on any atom is -0.495 e. The topological polar surface area (TPSA) is 59.3 Å². The molecule has 0 saturated carbocycles. The van der Waals surface area contributed by atoms with Crippen LogP contribution in [0.1, 0.15) is 21.5 Å². The van der Waals surface area contributed by atoms with Crippen LogP contribution in [0.25, 0.3) is 0 Å². The second-order valence-corrected chi connectivity index (χ2v) is 4.09. The molecule has 0 aliphatic heterocycles. The van der Waals surface area contributed by atoms with Crippen LogP contribution in [0, 0.1) is 11.3 Å². The summed E-state index contributed by atoms with van der Waals surface area (Å²) in [6.07, 6.45) is 0.759. The van der Waals surface area contributed by atoms with Crippen molar-refractivity contribution in [3.05, 3.63) is 59.2 Å². The molecule has 0 saturated heterocycles. The second kappa shape index (κ2) is 6.39. The minimum atomic E-state index is 0.299. The van der Waals surface area contributed by atoms with Crippen LogP contribution in [0.5, 0.6) is 11.5 Å². The van der Waals surface area contributed by atoms with E-state index in [0.717, 1.165) is 11.8 Å². The van der Waals surface area contributed by atoms with Crippen molar-refractivity contribution in [3.63, 3.8) is 0 Å². The van der Waals surface area contributed by atoms with E-state index < -0.39 is 0 Å². The summed E-state index contributed by atoms with van der Waals surface area (Å²) in [6, 6.07) is 14.3. The zero-order chi connectivity index (χ0) is 14.4. The molecule has 2 rings (SSSR count). The standard InChI is InChI=1S/C16H13NO3/c1-19-16-8-12(6-7-13(16)9-17)11-20-15-5-3-2-4-14(15)10-18/h2-8,10H,11H2,1H3. The number of hydrogen-bond donors (Lipinski definition) is 0. The van der Waals surface area contributed by atoms with Crippen LogP contribution in [0.4, 0.5) is 0 Å². The number of hydrogen-bond acceptors (Lipinski definition) is 4. The molecule has 0 aliphatic rings. The van der Waals surface area contributed by atoms with Crippen LogP contribution in [0.2, 0.25) is 0 Å². The van der Waals surface area contributed by atoms with E-state index in [2.05, 4.69) is 6.07 Å². The fraction of sp³-hybridized carbons (Fsp3) is 0.125. The van der Waals surface area contributed by atoms with Crippen molar-refractivity contribution in [1.82, 2.24) is 0 Å². The third kappa shape index (κ3) is 2.96. The number of para-hydroxylation sites is 1. The fourth-order valence-corrected chi connectivity index (χ4v) is 1.79. The molecule has 4 heteroatoms. The highest BCUT2D eigenvalue weighted by Crippen LogP contribution is 2.22. The Kier molecular flexibility index (Phi) is 4.35. The Morgan fingerprint density at radius 3 is 2.70 bits per heavy atom. The summed E-state index contributed by atoms with van der Waals surface area (Å²) >= 11 is 0. The number of rotatable bonds is 5. The molecule has 0 aromatic heterocycles. The maximum absolute atomic E-state index is 10.9. The quantitative estimate of drug-likeness (QED) is 0.781. The molecule has 100 valence electrons. The maximum atomic E-state index is 10.9. The van der Waals surface area contributed by atoms with Crippen molar-refractivity contribution >= 4 is 6.29 Å². The molecule has 0 aliphatic carbocycles. The summed E-state index contributed by atoms with van der Waals surface area (Å²) in [5.41, 5.74) is 1.85. The Hall–Kier alpha value is -2.80. The van der Waals surface area contributed by atoms with Crippen LogP contribution < -0.4 is 9.47 Å². The molecule has 4 nitrogen and oxygen atoms in total. The largest absolute Gasteiger partial charge is 0.495 e. The van der Waals surface area contributed by atoms with Gasteiger partial charge in [-0.3, -0.25) is 4.79 Å². The minimum absolute atomic E-state index is 0.299. The molecule has 0 unspecified atom stereocenters. The summed E-state index contributed by atoms with van der Waals surface area (Å²) in [6.45, 7) is 0.299. The number of nitriles is 1. The number of carbonyl (C=O) groups excluding carboxylic acids is 1. The summed E-state index contributed by atoms with van der Waals surface area (Å²) in [5, 5.41) is 8.92. The van der Waals surface area contributed by atoms with E-state index in [1.807, 2.05) is 6.07 Å². The molecule has 20 heavy (non-hydrogen) atoms. The summed E-state index contributed by atoms with van der Waals surface area (Å²) < 4.78 is 10.8. The van der Waals surface area contributed by atoms with Crippen molar-refractivity contribution in [2.45, 2.75) is 6.61 Å². The van der Waals surface area contributed by atoms with Crippen molar-refractivity contribution in [3.8, 4) is 17.6 Å². The number of aldehydes is 1. The van der Waals surface area contributed by atoms with Gasteiger partial charge < -0.3 is 9.47 Å². The van der Waals surface area contributed by atoms with Gasteiger partial charge in [0.25, 0.3) is 0 Å². The molecule has 0 spiro atoms. The van der Waals surface area contributed by atoms with Gasteiger partial charge in [-0.05, 0) is 29.8 Å². The van der Waals surface area contributed by atoms with Crippen molar-refractivity contribution in [2.24, 2.45) is 0 Å². The predicted molar refractivity (Wildman–Crippen MR) is 73.9 cm³/mol. The van der Waals surface area contributed by atoms with E-state index in [0.29, 0.717) is 29.2 Å². The number of methoxy groups -OCH3 is 1. The molecule has 0 fully saturated rings. The smallest absolute Gasteiger partial charge is 0.153 e. The van der Waals surface area contributed by atoms with Crippen LogP contribution in [-0.2, 0) is 6.61 Å². The van der Waals surface area contributed by atoms with E-state index >= 15 is 0 Å². The summed E-state index contributed by atoms with van der Waals surface area (Å²) in [4.78, 5) is 10.9. The average molecular weight is 267 g/mol. The highest BCUT2D eigenvalue weighted by atomic mass is 16.5. The monoisotopic (exact) mass is 267 g/mol. The highest BCUT2D eigenvalue weighted by Gasteiger charge is 2.06. The van der Waals surface area contributed by atoms with Crippen LogP contribution >= 0.6 is 0 Å². The highest BCUT2D eigenvalue weighted by molar-refractivity contribution is 5.79. The van der Waals surface area contributed by atoms with Crippen LogP contribution in [0.3, 0.4) is 0 Å². The molecule has 0 bridgehead atoms. The van der Waals surface area contributed by atoms with Gasteiger partial charge in [-0.2, -0.15) is 5.26 Å². The van der Waals surface area contributed by atoms with E-state index in [1.54, 1.807) is 36.4 Å². The third-order valence-corrected chi connectivity index (χ3v) is 2.83. The lowest BCUT2D eigenvalue weighted by Crippen LogP contribution is -1.99. The van der Waals surface area contributed by atoms with Crippen LogP contribution in [-0.4, -0.2) is 13.4 Å². The van der Waals surface area contributed by atoms with Gasteiger partial charge in [-0.15, -0.1) is 0 Å². The van der Waals surface area contributed by atoms with E-state index in [9.17, 15) is 4.79 Å². The van der Waals surface area contributed by atoms with Gasteiger partial charge in [0.1, 0.15) is 24.2 Å².